The molecule has 2 aliphatic carbocycles. The van der Waals surface area contributed by atoms with Crippen LogP contribution in [0.5, 0.6) is 0 Å². The smallest absolute Gasteiger partial charge is 0.407 e. The lowest BCUT2D eigenvalue weighted by Gasteiger charge is -2.34. The SMILES string of the molecule is O=C(O)CCNC(=O)C1CC(NC(=O)OCC2c3ccccc3-c3ccccc32)C1. The van der Waals surface area contributed by atoms with Gasteiger partial charge in [0.2, 0.25) is 5.91 Å². The summed E-state index contributed by atoms with van der Waals surface area (Å²) in [4.78, 5) is 34.7. The van der Waals surface area contributed by atoms with Gasteiger partial charge in [-0.25, -0.2) is 4.79 Å². The van der Waals surface area contributed by atoms with Crippen LogP contribution >= 0.6 is 0 Å². The number of nitrogens with one attached hydrogen (secondary N) is 2. The molecule has 0 aliphatic heterocycles. The van der Waals surface area contributed by atoms with Crippen molar-refractivity contribution in [2.75, 3.05) is 13.2 Å². The van der Waals surface area contributed by atoms with Crippen molar-refractivity contribution in [2.45, 2.75) is 31.2 Å². The maximum absolute atomic E-state index is 12.3. The summed E-state index contributed by atoms with van der Waals surface area (Å²) in [6.07, 6.45) is 0.484. The zero-order chi connectivity index (χ0) is 21.1. The Morgan fingerprint density at radius 2 is 1.57 bits per heavy atom. The van der Waals surface area contributed by atoms with E-state index in [1.807, 2.05) is 24.3 Å². The van der Waals surface area contributed by atoms with E-state index in [-0.39, 0.29) is 43.4 Å². The molecule has 1 fully saturated rings. The van der Waals surface area contributed by atoms with E-state index in [1.165, 1.54) is 11.1 Å². The summed E-state index contributed by atoms with van der Waals surface area (Å²) in [6.45, 7) is 0.376. The maximum Gasteiger partial charge on any atom is 0.407 e. The van der Waals surface area contributed by atoms with E-state index >= 15 is 0 Å². The van der Waals surface area contributed by atoms with Crippen LogP contribution in [-0.4, -0.2) is 42.3 Å². The Morgan fingerprint density at radius 3 is 2.17 bits per heavy atom. The molecule has 0 spiro atoms. The van der Waals surface area contributed by atoms with Gasteiger partial charge in [-0.2, -0.15) is 0 Å². The van der Waals surface area contributed by atoms with Gasteiger partial charge in [-0.15, -0.1) is 0 Å². The fraction of sp³-hybridized carbons (Fsp3) is 0.348. The van der Waals surface area contributed by atoms with E-state index < -0.39 is 12.1 Å². The molecule has 30 heavy (non-hydrogen) atoms. The molecule has 0 heterocycles. The molecular formula is C23H24N2O5. The predicted octanol–water partition coefficient (Wildman–Crippen LogP) is 2.89. The number of amides is 2. The number of carbonyl (C=O) groups is 3. The van der Waals surface area contributed by atoms with Gasteiger partial charge in [0, 0.05) is 24.4 Å². The van der Waals surface area contributed by atoms with Crippen molar-refractivity contribution in [3.05, 3.63) is 59.7 Å². The molecule has 0 saturated heterocycles. The summed E-state index contributed by atoms with van der Waals surface area (Å²) < 4.78 is 5.52. The predicted molar refractivity (Wildman–Crippen MR) is 110 cm³/mol. The summed E-state index contributed by atoms with van der Waals surface area (Å²) in [7, 11) is 0. The van der Waals surface area contributed by atoms with Gasteiger partial charge in [-0.05, 0) is 35.1 Å². The normalized spacial score (nSPS) is 19.2. The molecule has 4 rings (SSSR count). The molecule has 0 radical (unpaired) electrons. The average molecular weight is 408 g/mol. The van der Waals surface area contributed by atoms with Crippen molar-refractivity contribution >= 4 is 18.0 Å². The number of alkyl carbamates (subject to hydrolysis) is 1. The Balaban J connectivity index is 1.25. The second-order valence-corrected chi connectivity index (χ2v) is 7.77. The van der Waals surface area contributed by atoms with Gasteiger partial charge in [0.05, 0.1) is 6.42 Å². The molecular weight excluding hydrogens is 384 g/mol. The summed E-state index contributed by atoms with van der Waals surface area (Å²) >= 11 is 0. The van der Waals surface area contributed by atoms with Crippen molar-refractivity contribution in [3.8, 4) is 11.1 Å². The van der Waals surface area contributed by atoms with Crippen LogP contribution in [-0.2, 0) is 14.3 Å². The maximum atomic E-state index is 12.3. The van der Waals surface area contributed by atoms with Crippen LogP contribution in [0, 0.1) is 5.92 Å². The number of ether oxygens (including phenoxy) is 1. The third-order valence-corrected chi connectivity index (χ3v) is 5.81. The van der Waals surface area contributed by atoms with Crippen LogP contribution in [0.15, 0.2) is 48.5 Å². The largest absolute Gasteiger partial charge is 0.481 e. The number of carboxylic acid groups (broad SMARTS) is 1. The lowest BCUT2D eigenvalue weighted by molar-refractivity contribution is -0.137. The van der Waals surface area contributed by atoms with Crippen molar-refractivity contribution in [2.24, 2.45) is 5.92 Å². The third-order valence-electron chi connectivity index (χ3n) is 5.81. The molecule has 7 heteroatoms. The second kappa shape index (κ2) is 8.57. The summed E-state index contributed by atoms with van der Waals surface area (Å²) in [5.74, 6) is -1.30. The molecule has 7 nitrogen and oxygen atoms in total. The van der Waals surface area contributed by atoms with E-state index in [0.717, 1.165) is 11.1 Å². The Kier molecular flexibility index (Phi) is 5.70. The van der Waals surface area contributed by atoms with Gasteiger partial charge in [0.1, 0.15) is 6.61 Å². The topological polar surface area (TPSA) is 105 Å². The summed E-state index contributed by atoms with van der Waals surface area (Å²) in [6, 6.07) is 16.2. The Bertz CT molecular complexity index is 922. The van der Waals surface area contributed by atoms with E-state index in [1.54, 1.807) is 0 Å². The van der Waals surface area contributed by atoms with Crippen molar-refractivity contribution in [1.29, 1.82) is 0 Å². The molecule has 0 bridgehead atoms. The molecule has 2 aliphatic rings. The van der Waals surface area contributed by atoms with E-state index in [9.17, 15) is 14.4 Å². The lowest BCUT2D eigenvalue weighted by atomic mass is 9.79. The minimum Gasteiger partial charge on any atom is -0.481 e. The molecule has 2 aromatic carbocycles. The first-order valence-corrected chi connectivity index (χ1v) is 10.1. The first kappa shape index (κ1) is 19.9. The van der Waals surface area contributed by atoms with E-state index in [2.05, 4.69) is 34.9 Å². The second-order valence-electron chi connectivity index (χ2n) is 7.77. The van der Waals surface area contributed by atoms with Crippen LogP contribution in [0.3, 0.4) is 0 Å². The van der Waals surface area contributed by atoms with Crippen molar-refractivity contribution in [1.82, 2.24) is 10.6 Å². The van der Waals surface area contributed by atoms with Gasteiger partial charge in [-0.1, -0.05) is 48.5 Å². The molecule has 156 valence electrons. The number of hydrogen-bond donors (Lipinski definition) is 3. The van der Waals surface area contributed by atoms with Gasteiger partial charge in [0.15, 0.2) is 0 Å². The highest BCUT2D eigenvalue weighted by Gasteiger charge is 2.36. The van der Waals surface area contributed by atoms with Crippen LogP contribution in [0.25, 0.3) is 11.1 Å². The quantitative estimate of drug-likeness (QED) is 0.653. The molecule has 1 saturated carbocycles. The zero-order valence-electron chi connectivity index (χ0n) is 16.5. The van der Waals surface area contributed by atoms with Gasteiger partial charge in [0.25, 0.3) is 0 Å². The molecule has 0 atom stereocenters. The Hall–Kier alpha value is -3.35. The minimum atomic E-state index is -0.946. The van der Waals surface area contributed by atoms with Crippen LogP contribution in [0.4, 0.5) is 4.79 Å². The highest BCUT2D eigenvalue weighted by Crippen LogP contribution is 2.44. The standard InChI is InChI=1S/C23H24N2O5/c26-21(27)9-10-24-22(28)14-11-15(12-14)25-23(29)30-13-20-18-7-3-1-5-16(18)17-6-2-4-8-19(17)20/h1-8,14-15,20H,9-13H2,(H,24,28)(H,25,29)(H,26,27). The number of carbonyl (C=O) groups excluding carboxylic acids is 2. The fourth-order valence-electron chi connectivity index (χ4n) is 4.19. The molecule has 2 aromatic rings. The van der Waals surface area contributed by atoms with E-state index in [0.29, 0.717) is 12.8 Å². The van der Waals surface area contributed by atoms with Gasteiger partial charge in [-0.3, -0.25) is 9.59 Å². The molecule has 2 amide bonds. The average Bonchev–Trinajstić information content (AvgIpc) is 3.02. The fourth-order valence-corrected chi connectivity index (χ4v) is 4.19. The molecule has 3 N–H and O–H groups in total. The Morgan fingerprint density at radius 1 is 0.967 bits per heavy atom. The lowest BCUT2D eigenvalue weighted by Crippen LogP contribution is -2.49. The van der Waals surface area contributed by atoms with Crippen LogP contribution in [0.1, 0.15) is 36.3 Å². The molecule has 0 unspecified atom stereocenters. The Labute approximate surface area is 174 Å². The highest BCUT2D eigenvalue weighted by molar-refractivity contribution is 5.81. The van der Waals surface area contributed by atoms with Crippen LogP contribution in [0.2, 0.25) is 0 Å². The van der Waals surface area contributed by atoms with Crippen molar-refractivity contribution < 1.29 is 24.2 Å². The number of rotatable bonds is 7. The third kappa shape index (κ3) is 4.15. The zero-order valence-corrected chi connectivity index (χ0v) is 16.5. The highest BCUT2D eigenvalue weighted by atomic mass is 16.5. The van der Waals surface area contributed by atoms with Gasteiger partial charge < -0.3 is 20.5 Å². The first-order chi connectivity index (χ1) is 14.5. The van der Waals surface area contributed by atoms with Gasteiger partial charge >= 0.3 is 12.1 Å². The summed E-state index contributed by atoms with van der Waals surface area (Å²) in [5, 5.41) is 14.0. The van der Waals surface area contributed by atoms with E-state index in [4.69, 9.17) is 9.84 Å². The first-order valence-electron chi connectivity index (χ1n) is 10.1. The monoisotopic (exact) mass is 408 g/mol. The number of carboxylic acids is 1. The molecule has 0 aromatic heterocycles. The number of fused-ring (bicyclic) bond motifs is 3. The van der Waals surface area contributed by atoms with Crippen LogP contribution < -0.4 is 10.6 Å². The number of hydrogen-bond acceptors (Lipinski definition) is 4. The summed E-state index contributed by atoms with van der Waals surface area (Å²) in [5.41, 5.74) is 4.68. The minimum absolute atomic E-state index is 0.0114. The number of benzene rings is 2. The van der Waals surface area contributed by atoms with Crippen molar-refractivity contribution in [3.63, 3.8) is 0 Å². The number of aliphatic carboxylic acids is 1.